The van der Waals surface area contributed by atoms with Crippen molar-refractivity contribution in [1.82, 2.24) is 10.6 Å². The van der Waals surface area contributed by atoms with Gasteiger partial charge in [0.15, 0.2) is 0 Å². The van der Waals surface area contributed by atoms with E-state index in [1.165, 1.54) is 0 Å². The molecule has 2 N–H and O–H groups in total. The molecule has 1 aromatic carbocycles. The van der Waals surface area contributed by atoms with E-state index < -0.39 is 0 Å². The highest BCUT2D eigenvalue weighted by molar-refractivity contribution is 5.76. The summed E-state index contributed by atoms with van der Waals surface area (Å²) in [6.07, 6.45) is 0.560. The van der Waals surface area contributed by atoms with Gasteiger partial charge in [0.2, 0.25) is 5.91 Å². The number of amides is 1. The van der Waals surface area contributed by atoms with Crippen molar-refractivity contribution >= 4 is 5.91 Å². The first-order valence-electron chi connectivity index (χ1n) is 7.13. The van der Waals surface area contributed by atoms with E-state index in [1.54, 1.807) is 0 Å². The van der Waals surface area contributed by atoms with Crippen LogP contribution in [0.4, 0.5) is 0 Å². The number of carbonyl (C=O) groups excluding carboxylic acids is 1. The fraction of sp³-hybridized carbons (Fsp3) is 0.562. The summed E-state index contributed by atoms with van der Waals surface area (Å²) in [4.78, 5) is 11.6. The molecule has 1 amide bonds. The third-order valence-corrected chi connectivity index (χ3v) is 2.61. The van der Waals surface area contributed by atoms with Gasteiger partial charge in [0.05, 0.1) is 0 Å². The number of benzene rings is 1. The van der Waals surface area contributed by atoms with Crippen LogP contribution < -0.4 is 15.4 Å². The Morgan fingerprint density at radius 1 is 1.10 bits per heavy atom. The van der Waals surface area contributed by atoms with E-state index in [9.17, 15) is 4.79 Å². The van der Waals surface area contributed by atoms with Crippen LogP contribution in [0.5, 0.6) is 5.75 Å². The van der Waals surface area contributed by atoms with Crippen LogP contribution in [-0.2, 0) is 4.79 Å². The van der Waals surface area contributed by atoms with E-state index in [-0.39, 0.29) is 11.3 Å². The predicted octanol–water partition coefficient (Wildman–Crippen LogP) is 2.21. The minimum Gasteiger partial charge on any atom is -0.492 e. The van der Waals surface area contributed by atoms with Crippen LogP contribution in [0.3, 0.4) is 0 Å². The van der Waals surface area contributed by atoms with Crippen LogP contribution >= 0.6 is 0 Å². The number of nitrogens with one attached hydrogen (secondary N) is 2. The van der Waals surface area contributed by atoms with Crippen molar-refractivity contribution in [3.63, 3.8) is 0 Å². The highest BCUT2D eigenvalue weighted by Crippen LogP contribution is 2.17. The molecule has 0 radical (unpaired) electrons. The Kier molecular flexibility index (Phi) is 7.09. The molecule has 0 atom stereocenters. The molecule has 20 heavy (non-hydrogen) atoms. The topological polar surface area (TPSA) is 50.4 Å². The summed E-state index contributed by atoms with van der Waals surface area (Å²) in [5, 5.41) is 6.14. The molecule has 1 aromatic rings. The maximum absolute atomic E-state index is 11.6. The Balaban J connectivity index is 1.96. The van der Waals surface area contributed by atoms with Crippen molar-refractivity contribution in [2.24, 2.45) is 5.41 Å². The third kappa shape index (κ3) is 8.53. The zero-order valence-electron chi connectivity index (χ0n) is 12.7. The van der Waals surface area contributed by atoms with Crippen molar-refractivity contribution < 1.29 is 9.53 Å². The highest BCUT2D eigenvalue weighted by atomic mass is 16.5. The lowest BCUT2D eigenvalue weighted by Crippen LogP contribution is -2.34. The second kappa shape index (κ2) is 8.59. The first-order chi connectivity index (χ1) is 9.47. The van der Waals surface area contributed by atoms with Crippen molar-refractivity contribution in [3.05, 3.63) is 30.3 Å². The van der Waals surface area contributed by atoms with Crippen LogP contribution in [0, 0.1) is 5.41 Å². The molecule has 0 aliphatic carbocycles. The van der Waals surface area contributed by atoms with Gasteiger partial charge in [-0.15, -0.1) is 0 Å². The summed E-state index contributed by atoms with van der Waals surface area (Å²) in [5.41, 5.74) is 0.0427. The molecule has 0 heterocycles. The molecule has 0 unspecified atom stereocenters. The van der Waals surface area contributed by atoms with Crippen molar-refractivity contribution in [3.8, 4) is 5.75 Å². The zero-order valence-corrected chi connectivity index (χ0v) is 12.7. The molecule has 1 rings (SSSR count). The first kappa shape index (κ1) is 16.5. The molecular weight excluding hydrogens is 252 g/mol. The lowest BCUT2D eigenvalue weighted by atomic mass is 9.92. The van der Waals surface area contributed by atoms with Gasteiger partial charge in [0.25, 0.3) is 0 Å². The van der Waals surface area contributed by atoms with Gasteiger partial charge in [-0.3, -0.25) is 4.79 Å². The van der Waals surface area contributed by atoms with E-state index >= 15 is 0 Å². The lowest BCUT2D eigenvalue weighted by molar-refractivity contribution is -0.122. The van der Waals surface area contributed by atoms with Crippen LogP contribution in [0.2, 0.25) is 0 Å². The van der Waals surface area contributed by atoms with E-state index in [0.717, 1.165) is 18.8 Å². The summed E-state index contributed by atoms with van der Waals surface area (Å²) in [6, 6.07) is 9.74. The van der Waals surface area contributed by atoms with Crippen molar-refractivity contribution in [2.45, 2.75) is 27.2 Å². The third-order valence-electron chi connectivity index (χ3n) is 2.61. The number of rotatable bonds is 8. The normalized spacial score (nSPS) is 11.2. The maximum atomic E-state index is 11.6. The second-order valence-corrected chi connectivity index (χ2v) is 6.00. The van der Waals surface area contributed by atoms with Gasteiger partial charge in [0.1, 0.15) is 12.4 Å². The van der Waals surface area contributed by atoms with E-state index in [2.05, 4.69) is 31.4 Å². The number of hydrogen-bond donors (Lipinski definition) is 2. The number of ether oxygens (including phenoxy) is 1. The van der Waals surface area contributed by atoms with Gasteiger partial charge >= 0.3 is 0 Å². The van der Waals surface area contributed by atoms with Crippen LogP contribution in [0.15, 0.2) is 30.3 Å². The quantitative estimate of drug-likeness (QED) is 0.717. The molecule has 0 saturated carbocycles. The van der Waals surface area contributed by atoms with Gasteiger partial charge in [-0.1, -0.05) is 39.0 Å². The Morgan fingerprint density at radius 2 is 1.80 bits per heavy atom. The monoisotopic (exact) mass is 278 g/mol. The van der Waals surface area contributed by atoms with Gasteiger partial charge in [-0.2, -0.15) is 0 Å². The standard InChI is InChI=1S/C16H26N2O2/c1-16(2,3)13-15(19)18-10-9-17-11-12-20-14-7-5-4-6-8-14/h4-8,17H,9-13H2,1-3H3,(H,18,19). The molecule has 0 aromatic heterocycles. The number of hydrogen-bond acceptors (Lipinski definition) is 3. The Labute approximate surface area is 121 Å². The fourth-order valence-corrected chi connectivity index (χ4v) is 1.72. The summed E-state index contributed by atoms with van der Waals surface area (Å²) < 4.78 is 5.55. The van der Waals surface area contributed by atoms with Gasteiger partial charge in [-0.05, 0) is 17.5 Å². The highest BCUT2D eigenvalue weighted by Gasteiger charge is 2.14. The molecule has 0 fully saturated rings. The van der Waals surface area contributed by atoms with Crippen LogP contribution in [-0.4, -0.2) is 32.1 Å². The smallest absolute Gasteiger partial charge is 0.220 e. The fourth-order valence-electron chi connectivity index (χ4n) is 1.72. The van der Waals surface area contributed by atoms with Gasteiger partial charge in [0, 0.05) is 26.1 Å². The van der Waals surface area contributed by atoms with Gasteiger partial charge in [-0.25, -0.2) is 0 Å². The number of para-hydroxylation sites is 1. The molecular formula is C16H26N2O2. The summed E-state index contributed by atoms with van der Waals surface area (Å²) >= 11 is 0. The van der Waals surface area contributed by atoms with Crippen molar-refractivity contribution in [1.29, 1.82) is 0 Å². The second-order valence-electron chi connectivity index (χ2n) is 6.00. The lowest BCUT2D eigenvalue weighted by Gasteiger charge is -2.17. The molecule has 0 spiro atoms. The maximum Gasteiger partial charge on any atom is 0.220 e. The average Bonchev–Trinajstić information content (AvgIpc) is 2.37. The summed E-state index contributed by atoms with van der Waals surface area (Å²) in [6.45, 7) is 8.99. The van der Waals surface area contributed by atoms with Gasteiger partial charge < -0.3 is 15.4 Å². The van der Waals surface area contributed by atoms with Crippen LogP contribution in [0.25, 0.3) is 0 Å². The Morgan fingerprint density at radius 3 is 2.45 bits per heavy atom. The van der Waals surface area contributed by atoms with Crippen LogP contribution in [0.1, 0.15) is 27.2 Å². The predicted molar refractivity (Wildman–Crippen MR) is 81.9 cm³/mol. The number of carbonyl (C=O) groups is 1. The molecule has 0 saturated heterocycles. The van der Waals surface area contributed by atoms with E-state index in [0.29, 0.717) is 19.6 Å². The van der Waals surface area contributed by atoms with E-state index in [1.807, 2.05) is 30.3 Å². The zero-order chi connectivity index (χ0) is 14.8. The van der Waals surface area contributed by atoms with Crippen molar-refractivity contribution in [2.75, 3.05) is 26.2 Å². The Bertz CT molecular complexity index is 385. The SMILES string of the molecule is CC(C)(C)CC(=O)NCCNCCOc1ccccc1. The Hall–Kier alpha value is -1.55. The minimum atomic E-state index is 0.0427. The minimum absolute atomic E-state index is 0.0427. The summed E-state index contributed by atoms with van der Waals surface area (Å²) in [7, 11) is 0. The summed E-state index contributed by atoms with van der Waals surface area (Å²) in [5.74, 6) is 0.993. The van der Waals surface area contributed by atoms with E-state index in [4.69, 9.17) is 4.74 Å². The molecule has 0 bridgehead atoms. The molecule has 4 heteroatoms. The molecule has 112 valence electrons. The largest absolute Gasteiger partial charge is 0.492 e. The first-order valence-corrected chi connectivity index (χ1v) is 7.13. The molecule has 0 aliphatic heterocycles. The molecule has 0 aliphatic rings. The molecule has 4 nitrogen and oxygen atoms in total. The average molecular weight is 278 g/mol.